The second kappa shape index (κ2) is 76.4. The minimum absolute atomic E-state index is 0.108. The summed E-state index contributed by atoms with van der Waals surface area (Å²) in [4.78, 5) is 73.2. The first-order valence-corrected chi connectivity index (χ1v) is 47.0. The highest BCUT2D eigenvalue weighted by Gasteiger charge is 2.30. The second-order valence-corrected chi connectivity index (χ2v) is 34.4. The zero-order chi connectivity index (χ0) is 76.4. The van der Waals surface area contributed by atoms with Crippen LogP contribution in [-0.4, -0.2) is 96.7 Å². The van der Waals surface area contributed by atoms with Gasteiger partial charge in [0.25, 0.3) is 0 Å². The molecule has 0 amide bonds. The van der Waals surface area contributed by atoms with Gasteiger partial charge >= 0.3 is 39.5 Å². The zero-order valence-corrected chi connectivity index (χ0v) is 70.1. The van der Waals surface area contributed by atoms with Crippen LogP contribution in [0.4, 0.5) is 0 Å². The maximum Gasteiger partial charge on any atom is 0.472 e. The third-order valence-corrected chi connectivity index (χ3v) is 21.9. The fraction of sp³-hybridized carbons (Fsp3) is 0.953. The Kier molecular flexibility index (Phi) is 75.0. The lowest BCUT2D eigenvalue weighted by Crippen LogP contribution is -2.30. The van der Waals surface area contributed by atoms with Gasteiger partial charge in [-0.05, 0) is 37.5 Å². The van der Waals surface area contributed by atoms with E-state index in [4.69, 9.17) is 37.0 Å². The highest BCUT2D eigenvalue weighted by molar-refractivity contribution is 7.47. The number of aliphatic hydroxyl groups is 1. The number of carbonyl (C=O) groups is 4. The summed E-state index contributed by atoms with van der Waals surface area (Å²) in [6, 6.07) is 0. The summed E-state index contributed by atoms with van der Waals surface area (Å²) < 4.78 is 68.9. The lowest BCUT2D eigenvalue weighted by Gasteiger charge is -2.21. The van der Waals surface area contributed by atoms with Gasteiger partial charge in [-0.1, -0.05) is 401 Å². The van der Waals surface area contributed by atoms with E-state index in [0.29, 0.717) is 25.7 Å². The average molecular weight is 1520 g/mol. The SMILES string of the molecule is CCCCCCCCCCCCCCCCCCCCCC(=O)O[C@H](COC(=O)CCCCCCCCCCCCCCCCCC(C)C)COP(=O)(O)OC[C@@H](O)COP(=O)(O)OC[C@@H](COC(=O)CCCCCCCCCCCC(C)C)OC(=O)CCCCCCCCCCCCCCCCC. The normalized spacial score (nSPS) is 13.8. The first-order valence-electron chi connectivity index (χ1n) is 44.0. The van der Waals surface area contributed by atoms with Crippen molar-refractivity contribution < 1.29 is 80.2 Å². The lowest BCUT2D eigenvalue weighted by molar-refractivity contribution is -0.161. The Balaban J connectivity index is 5.26. The molecule has 0 aromatic rings. The van der Waals surface area contributed by atoms with E-state index >= 15 is 0 Å². The number of esters is 4. The van der Waals surface area contributed by atoms with Gasteiger partial charge in [-0.3, -0.25) is 37.3 Å². The predicted octanol–water partition coefficient (Wildman–Crippen LogP) is 25.8. The van der Waals surface area contributed by atoms with Crippen LogP contribution in [0.1, 0.15) is 452 Å². The number of hydrogen-bond donors (Lipinski definition) is 3. The van der Waals surface area contributed by atoms with E-state index in [1.807, 2.05) is 0 Å². The van der Waals surface area contributed by atoms with Gasteiger partial charge in [-0.15, -0.1) is 0 Å². The number of carbonyl (C=O) groups excluding carboxylic acids is 4. The molecular formula is C85H166O17P2. The molecule has 0 aromatic heterocycles. The molecule has 0 saturated carbocycles. The summed E-state index contributed by atoms with van der Waals surface area (Å²) >= 11 is 0. The van der Waals surface area contributed by atoms with E-state index in [1.165, 1.54) is 270 Å². The molecule has 0 bridgehead atoms. The Labute approximate surface area is 638 Å². The Hall–Kier alpha value is -1.94. The minimum atomic E-state index is -4.97. The molecule has 0 saturated heterocycles. The van der Waals surface area contributed by atoms with Crippen LogP contribution < -0.4 is 0 Å². The maximum atomic E-state index is 13.1. The van der Waals surface area contributed by atoms with Crippen LogP contribution in [0.25, 0.3) is 0 Å². The van der Waals surface area contributed by atoms with Crippen LogP contribution in [0.2, 0.25) is 0 Å². The molecule has 104 heavy (non-hydrogen) atoms. The monoisotopic (exact) mass is 1520 g/mol. The van der Waals surface area contributed by atoms with Crippen molar-refractivity contribution in [1.82, 2.24) is 0 Å². The first kappa shape index (κ1) is 102. The van der Waals surface area contributed by atoms with Crippen molar-refractivity contribution in [3.63, 3.8) is 0 Å². The molecule has 3 N–H and O–H groups in total. The summed E-state index contributed by atoms with van der Waals surface area (Å²) in [5, 5.41) is 10.7. The Bertz CT molecular complexity index is 1990. The first-order chi connectivity index (χ1) is 50.4. The van der Waals surface area contributed by atoms with Crippen LogP contribution in [-0.2, 0) is 65.4 Å². The molecule has 5 atom stereocenters. The van der Waals surface area contributed by atoms with Crippen LogP contribution in [0, 0.1) is 11.8 Å². The van der Waals surface area contributed by atoms with Crippen LogP contribution in [0.3, 0.4) is 0 Å². The van der Waals surface area contributed by atoms with E-state index in [0.717, 1.165) is 102 Å². The Morgan fingerprint density at radius 1 is 0.260 bits per heavy atom. The standard InChI is InChI=1S/C85H166O17P2/c1-7-9-11-13-15-17-19-21-23-24-25-26-30-35-39-45-52-58-64-70-85(90)101-80(73-95-82(87)67-61-55-49-43-37-33-31-27-29-32-36-41-47-53-59-65-77(3)4)75-99-103(91,92)97-71-79(86)72-98-104(93,94)100-76-81(74-96-83(88)68-62-56-50-46-40-42-48-54-60-66-78(5)6)102-84(89)69-63-57-51-44-38-34-28-22-20-18-16-14-12-10-8-2/h77-81,86H,7-76H2,1-6H3,(H,91,92)(H,93,94)/t79-,80-,81-/m1/s1. The van der Waals surface area contributed by atoms with Crippen molar-refractivity contribution in [2.24, 2.45) is 11.8 Å². The number of aliphatic hydroxyl groups excluding tert-OH is 1. The fourth-order valence-electron chi connectivity index (χ4n) is 13.2. The number of phosphoric acid groups is 2. The van der Waals surface area contributed by atoms with Crippen molar-refractivity contribution in [3.8, 4) is 0 Å². The summed E-state index contributed by atoms with van der Waals surface area (Å²) in [7, 11) is -9.93. The van der Waals surface area contributed by atoms with Gasteiger partial charge in [0.15, 0.2) is 12.2 Å². The molecule has 0 fully saturated rings. The van der Waals surface area contributed by atoms with Crippen molar-refractivity contribution in [2.45, 2.75) is 471 Å². The fourth-order valence-corrected chi connectivity index (χ4v) is 14.8. The molecule has 0 heterocycles. The molecule has 0 aliphatic heterocycles. The molecule has 0 aliphatic carbocycles. The number of rotatable bonds is 84. The van der Waals surface area contributed by atoms with E-state index in [2.05, 4.69) is 41.5 Å². The highest BCUT2D eigenvalue weighted by Crippen LogP contribution is 2.45. The molecule has 618 valence electrons. The molecule has 2 unspecified atom stereocenters. The number of hydrogen-bond acceptors (Lipinski definition) is 15. The van der Waals surface area contributed by atoms with Crippen molar-refractivity contribution >= 4 is 39.5 Å². The van der Waals surface area contributed by atoms with Crippen molar-refractivity contribution in [3.05, 3.63) is 0 Å². The van der Waals surface area contributed by atoms with E-state index in [-0.39, 0.29) is 25.7 Å². The smallest absolute Gasteiger partial charge is 0.462 e. The summed E-state index contributed by atoms with van der Waals surface area (Å²) in [5.41, 5.74) is 0. The van der Waals surface area contributed by atoms with E-state index < -0.39 is 97.5 Å². The maximum absolute atomic E-state index is 13.1. The Morgan fingerprint density at radius 3 is 0.654 bits per heavy atom. The summed E-state index contributed by atoms with van der Waals surface area (Å²) in [5.74, 6) is -0.551. The topological polar surface area (TPSA) is 237 Å². The molecule has 0 aliphatic rings. The zero-order valence-electron chi connectivity index (χ0n) is 68.3. The lowest BCUT2D eigenvalue weighted by atomic mass is 10.0. The number of phosphoric ester groups is 2. The summed E-state index contributed by atoms with van der Waals surface area (Å²) in [6.45, 7) is 9.68. The third kappa shape index (κ3) is 78.2. The van der Waals surface area contributed by atoms with Crippen LogP contribution >= 0.6 is 15.6 Å². The van der Waals surface area contributed by atoms with Crippen molar-refractivity contribution in [1.29, 1.82) is 0 Å². The number of ether oxygens (including phenoxy) is 4. The van der Waals surface area contributed by atoms with Gasteiger partial charge in [0.05, 0.1) is 26.4 Å². The predicted molar refractivity (Wildman–Crippen MR) is 428 cm³/mol. The molecule has 0 aromatic carbocycles. The molecule has 17 nitrogen and oxygen atoms in total. The largest absolute Gasteiger partial charge is 0.472 e. The van der Waals surface area contributed by atoms with Crippen molar-refractivity contribution in [2.75, 3.05) is 39.6 Å². The van der Waals surface area contributed by atoms with Crippen LogP contribution in [0.15, 0.2) is 0 Å². The quantitative estimate of drug-likeness (QED) is 0.0222. The van der Waals surface area contributed by atoms with Gasteiger partial charge in [0, 0.05) is 25.7 Å². The Morgan fingerprint density at radius 2 is 0.442 bits per heavy atom. The summed E-state index contributed by atoms with van der Waals surface area (Å²) in [6.07, 6.45) is 68.0. The number of unbranched alkanes of at least 4 members (excludes halogenated alkanes) is 54. The molecular weight excluding hydrogens is 1350 g/mol. The van der Waals surface area contributed by atoms with Gasteiger partial charge in [-0.2, -0.15) is 0 Å². The van der Waals surface area contributed by atoms with E-state index in [9.17, 15) is 43.2 Å². The van der Waals surface area contributed by atoms with Gasteiger partial charge in [0.2, 0.25) is 0 Å². The van der Waals surface area contributed by atoms with Crippen LogP contribution in [0.5, 0.6) is 0 Å². The third-order valence-electron chi connectivity index (χ3n) is 20.0. The van der Waals surface area contributed by atoms with Gasteiger partial charge < -0.3 is 33.8 Å². The van der Waals surface area contributed by atoms with E-state index in [1.54, 1.807) is 0 Å². The molecule has 0 radical (unpaired) electrons. The average Bonchev–Trinajstić information content (AvgIpc) is 0.908. The second-order valence-electron chi connectivity index (χ2n) is 31.5. The molecule has 0 rings (SSSR count). The van der Waals surface area contributed by atoms with Gasteiger partial charge in [0.1, 0.15) is 19.3 Å². The molecule has 0 spiro atoms. The van der Waals surface area contributed by atoms with Gasteiger partial charge in [-0.25, -0.2) is 9.13 Å². The molecule has 19 heteroatoms. The minimum Gasteiger partial charge on any atom is -0.462 e. The highest BCUT2D eigenvalue weighted by atomic mass is 31.2.